The normalized spacial score (nSPS) is 20.6. The summed E-state index contributed by atoms with van der Waals surface area (Å²) in [4.78, 5) is 17.4. The molecule has 1 fully saturated rings. The van der Waals surface area contributed by atoms with Crippen molar-refractivity contribution in [1.82, 2.24) is 9.88 Å². The van der Waals surface area contributed by atoms with Crippen LogP contribution in [0.2, 0.25) is 0 Å². The second-order valence-electron chi connectivity index (χ2n) is 3.99. The van der Waals surface area contributed by atoms with E-state index >= 15 is 0 Å². The van der Waals surface area contributed by atoms with Crippen molar-refractivity contribution in [3.63, 3.8) is 0 Å². The highest BCUT2D eigenvalue weighted by Crippen LogP contribution is 2.18. The van der Waals surface area contributed by atoms with Gasteiger partial charge in [0.2, 0.25) is 5.91 Å². The minimum absolute atomic E-state index is 0.0143. The topological polar surface area (TPSA) is 57.0 Å². The number of nitriles is 1. The van der Waals surface area contributed by atoms with Crippen molar-refractivity contribution in [2.24, 2.45) is 5.92 Å². The van der Waals surface area contributed by atoms with E-state index in [1.165, 1.54) is 0 Å². The monoisotopic (exact) mass is 215 g/mol. The fourth-order valence-electron chi connectivity index (χ4n) is 1.88. The summed E-state index contributed by atoms with van der Waals surface area (Å²) in [6, 6.07) is 6.02. The average molecular weight is 215 g/mol. The lowest BCUT2D eigenvalue weighted by Crippen LogP contribution is -2.38. The molecule has 0 radical (unpaired) electrons. The van der Waals surface area contributed by atoms with Gasteiger partial charge in [0, 0.05) is 31.9 Å². The molecule has 1 aromatic heterocycles. The Morgan fingerprint density at radius 2 is 2.25 bits per heavy atom. The Labute approximate surface area is 94.5 Å². The van der Waals surface area contributed by atoms with Crippen molar-refractivity contribution in [2.45, 2.75) is 19.4 Å². The second-order valence-corrected chi connectivity index (χ2v) is 3.99. The number of carbonyl (C=O) groups is 1. The zero-order valence-electron chi connectivity index (χ0n) is 8.97. The summed E-state index contributed by atoms with van der Waals surface area (Å²) >= 11 is 0. The summed E-state index contributed by atoms with van der Waals surface area (Å²) in [6.07, 6.45) is 4.61. The molecule has 1 aliphatic heterocycles. The lowest BCUT2D eigenvalue weighted by atomic mass is 9.99. The van der Waals surface area contributed by atoms with Gasteiger partial charge in [0.05, 0.1) is 12.0 Å². The Bertz CT molecular complexity index is 410. The zero-order chi connectivity index (χ0) is 11.4. The van der Waals surface area contributed by atoms with Crippen molar-refractivity contribution in [3.8, 4) is 6.07 Å². The lowest BCUT2D eigenvalue weighted by Gasteiger charge is -2.29. The SMILES string of the molecule is N#CC1CCC(=O)N(Cc2ccncc2)C1. The van der Waals surface area contributed by atoms with Gasteiger partial charge in [0.25, 0.3) is 0 Å². The Hall–Kier alpha value is -1.89. The molecule has 2 rings (SSSR count). The van der Waals surface area contributed by atoms with Gasteiger partial charge in [-0.15, -0.1) is 0 Å². The van der Waals surface area contributed by atoms with Crippen LogP contribution in [0.1, 0.15) is 18.4 Å². The summed E-state index contributed by atoms with van der Waals surface area (Å²) in [5, 5.41) is 8.86. The maximum atomic E-state index is 11.7. The molecule has 0 saturated carbocycles. The van der Waals surface area contributed by atoms with Crippen LogP contribution in [0.4, 0.5) is 0 Å². The molecule has 0 spiro atoms. The highest BCUT2D eigenvalue weighted by atomic mass is 16.2. The largest absolute Gasteiger partial charge is 0.337 e. The van der Waals surface area contributed by atoms with Crippen LogP contribution < -0.4 is 0 Å². The van der Waals surface area contributed by atoms with Crippen molar-refractivity contribution in [3.05, 3.63) is 30.1 Å². The van der Waals surface area contributed by atoms with E-state index in [0.717, 1.165) is 5.56 Å². The van der Waals surface area contributed by atoms with E-state index in [-0.39, 0.29) is 11.8 Å². The lowest BCUT2D eigenvalue weighted by molar-refractivity contribution is -0.134. The third-order valence-corrected chi connectivity index (χ3v) is 2.81. The number of carbonyl (C=O) groups excluding carboxylic acids is 1. The van der Waals surface area contributed by atoms with Gasteiger partial charge < -0.3 is 4.90 Å². The summed E-state index contributed by atoms with van der Waals surface area (Å²) < 4.78 is 0. The van der Waals surface area contributed by atoms with E-state index in [4.69, 9.17) is 5.26 Å². The molecule has 0 bridgehead atoms. The van der Waals surface area contributed by atoms with Crippen LogP contribution >= 0.6 is 0 Å². The molecule has 1 unspecified atom stereocenters. The third kappa shape index (κ3) is 2.37. The highest BCUT2D eigenvalue weighted by Gasteiger charge is 2.25. The first kappa shape index (κ1) is 10.6. The van der Waals surface area contributed by atoms with Crippen molar-refractivity contribution in [2.75, 3.05) is 6.54 Å². The Balaban J connectivity index is 2.03. The first-order chi connectivity index (χ1) is 7.79. The molecule has 2 heterocycles. The number of aromatic nitrogens is 1. The number of rotatable bonds is 2. The van der Waals surface area contributed by atoms with Gasteiger partial charge in [-0.2, -0.15) is 5.26 Å². The molecule has 0 aromatic carbocycles. The van der Waals surface area contributed by atoms with E-state index in [2.05, 4.69) is 11.1 Å². The van der Waals surface area contributed by atoms with E-state index in [1.807, 2.05) is 12.1 Å². The Morgan fingerprint density at radius 3 is 2.94 bits per heavy atom. The molecule has 1 atom stereocenters. The number of amides is 1. The zero-order valence-corrected chi connectivity index (χ0v) is 8.97. The van der Waals surface area contributed by atoms with E-state index in [0.29, 0.717) is 25.9 Å². The molecule has 1 aromatic rings. The van der Waals surface area contributed by atoms with Gasteiger partial charge in [0.15, 0.2) is 0 Å². The molecule has 1 aliphatic rings. The maximum Gasteiger partial charge on any atom is 0.222 e. The number of pyridine rings is 1. The molecular weight excluding hydrogens is 202 g/mol. The number of likely N-dealkylation sites (tertiary alicyclic amines) is 1. The van der Waals surface area contributed by atoms with Crippen molar-refractivity contribution < 1.29 is 4.79 Å². The molecule has 0 N–H and O–H groups in total. The molecule has 1 amide bonds. The fourth-order valence-corrected chi connectivity index (χ4v) is 1.88. The van der Waals surface area contributed by atoms with E-state index in [1.54, 1.807) is 17.3 Å². The fraction of sp³-hybridized carbons (Fsp3) is 0.417. The number of nitrogens with zero attached hydrogens (tertiary/aromatic N) is 3. The van der Waals surface area contributed by atoms with Gasteiger partial charge in [-0.1, -0.05) is 0 Å². The van der Waals surface area contributed by atoms with E-state index < -0.39 is 0 Å². The van der Waals surface area contributed by atoms with Gasteiger partial charge in [-0.05, 0) is 24.1 Å². The summed E-state index contributed by atoms with van der Waals surface area (Å²) in [5.74, 6) is 0.128. The van der Waals surface area contributed by atoms with Crippen LogP contribution in [-0.4, -0.2) is 22.3 Å². The van der Waals surface area contributed by atoms with Crippen LogP contribution in [0, 0.1) is 17.2 Å². The minimum atomic E-state index is -0.0143. The molecule has 82 valence electrons. The Morgan fingerprint density at radius 1 is 1.50 bits per heavy atom. The third-order valence-electron chi connectivity index (χ3n) is 2.81. The van der Waals surface area contributed by atoms with Crippen LogP contribution in [0.15, 0.2) is 24.5 Å². The van der Waals surface area contributed by atoms with Crippen LogP contribution in [-0.2, 0) is 11.3 Å². The molecule has 16 heavy (non-hydrogen) atoms. The predicted octanol–water partition coefficient (Wildman–Crippen LogP) is 1.34. The summed E-state index contributed by atoms with van der Waals surface area (Å²) in [7, 11) is 0. The van der Waals surface area contributed by atoms with Crippen LogP contribution in [0.5, 0.6) is 0 Å². The van der Waals surface area contributed by atoms with Crippen LogP contribution in [0.3, 0.4) is 0 Å². The number of hydrogen-bond acceptors (Lipinski definition) is 3. The van der Waals surface area contributed by atoms with Gasteiger partial charge in [-0.3, -0.25) is 9.78 Å². The van der Waals surface area contributed by atoms with Crippen molar-refractivity contribution in [1.29, 1.82) is 5.26 Å². The summed E-state index contributed by atoms with van der Waals surface area (Å²) in [5.41, 5.74) is 1.06. The standard InChI is InChI=1S/C12H13N3O/c13-7-11-1-2-12(16)15(9-11)8-10-3-5-14-6-4-10/h3-6,11H,1-2,8-9H2. The minimum Gasteiger partial charge on any atom is -0.337 e. The van der Waals surface area contributed by atoms with Crippen LogP contribution in [0.25, 0.3) is 0 Å². The Kier molecular flexibility index (Phi) is 3.16. The number of piperidine rings is 1. The molecular formula is C12H13N3O. The van der Waals surface area contributed by atoms with E-state index in [9.17, 15) is 4.79 Å². The first-order valence-electron chi connectivity index (χ1n) is 5.36. The number of hydrogen-bond donors (Lipinski definition) is 0. The second kappa shape index (κ2) is 4.75. The molecule has 0 aliphatic carbocycles. The van der Waals surface area contributed by atoms with Crippen molar-refractivity contribution >= 4 is 5.91 Å². The van der Waals surface area contributed by atoms with Gasteiger partial charge in [0.1, 0.15) is 0 Å². The quantitative estimate of drug-likeness (QED) is 0.748. The highest BCUT2D eigenvalue weighted by molar-refractivity contribution is 5.77. The van der Waals surface area contributed by atoms with Gasteiger partial charge >= 0.3 is 0 Å². The summed E-state index contributed by atoms with van der Waals surface area (Å²) in [6.45, 7) is 1.14. The molecule has 1 saturated heterocycles. The molecule has 4 nitrogen and oxygen atoms in total. The first-order valence-corrected chi connectivity index (χ1v) is 5.36. The maximum absolute atomic E-state index is 11.7. The van der Waals surface area contributed by atoms with Gasteiger partial charge in [-0.25, -0.2) is 0 Å². The predicted molar refractivity (Wildman–Crippen MR) is 58.0 cm³/mol. The molecule has 4 heteroatoms. The smallest absolute Gasteiger partial charge is 0.222 e. The average Bonchev–Trinajstić information content (AvgIpc) is 2.33.